The van der Waals surface area contributed by atoms with E-state index >= 15 is 0 Å². The molecule has 0 N–H and O–H groups in total. The molecule has 0 bridgehead atoms. The predicted molar refractivity (Wildman–Crippen MR) is 59.3 cm³/mol. The molecule has 2 heteroatoms. The normalized spacial score (nSPS) is 22.3. The molecular formula is C11H21NSi. The summed E-state index contributed by atoms with van der Waals surface area (Å²) in [5.41, 5.74) is 0.396. The Morgan fingerprint density at radius 1 is 1.15 bits per heavy atom. The lowest BCUT2D eigenvalue weighted by Crippen LogP contribution is -2.33. The van der Waals surface area contributed by atoms with E-state index in [9.17, 15) is 5.26 Å². The van der Waals surface area contributed by atoms with Crippen molar-refractivity contribution in [2.24, 2.45) is 5.92 Å². The molecule has 13 heavy (non-hydrogen) atoms. The van der Waals surface area contributed by atoms with Crippen LogP contribution < -0.4 is 0 Å². The SMILES string of the molecule is C[Si](C)(C)C(C#N)C1CCCCC1. The Morgan fingerprint density at radius 2 is 1.69 bits per heavy atom. The number of hydrogen-bond acceptors (Lipinski definition) is 1. The van der Waals surface area contributed by atoms with Crippen LogP contribution in [0.15, 0.2) is 0 Å². The summed E-state index contributed by atoms with van der Waals surface area (Å²) in [7, 11) is -1.24. The Hall–Kier alpha value is -0.293. The van der Waals surface area contributed by atoms with Crippen LogP contribution in [0, 0.1) is 17.2 Å². The first-order valence-corrected chi connectivity index (χ1v) is 9.03. The summed E-state index contributed by atoms with van der Waals surface area (Å²) >= 11 is 0. The van der Waals surface area contributed by atoms with E-state index < -0.39 is 8.07 Å². The molecule has 1 saturated carbocycles. The van der Waals surface area contributed by atoms with Crippen molar-refractivity contribution >= 4 is 8.07 Å². The average Bonchev–Trinajstić information content (AvgIpc) is 2.05. The molecule has 0 aromatic carbocycles. The van der Waals surface area contributed by atoms with Gasteiger partial charge in [0.25, 0.3) is 0 Å². The van der Waals surface area contributed by atoms with E-state index in [4.69, 9.17) is 0 Å². The highest BCUT2D eigenvalue weighted by Crippen LogP contribution is 2.38. The van der Waals surface area contributed by atoms with Crippen molar-refractivity contribution in [1.29, 1.82) is 5.26 Å². The molecule has 74 valence electrons. The van der Waals surface area contributed by atoms with E-state index in [0.29, 0.717) is 5.54 Å². The van der Waals surface area contributed by atoms with Gasteiger partial charge in [-0.25, -0.2) is 0 Å². The minimum absolute atomic E-state index is 0.396. The molecule has 0 spiro atoms. The molecular weight excluding hydrogens is 174 g/mol. The van der Waals surface area contributed by atoms with Gasteiger partial charge in [0.1, 0.15) is 0 Å². The van der Waals surface area contributed by atoms with Crippen molar-refractivity contribution in [1.82, 2.24) is 0 Å². The van der Waals surface area contributed by atoms with Crippen LogP contribution in [0.1, 0.15) is 32.1 Å². The Labute approximate surface area is 83.2 Å². The van der Waals surface area contributed by atoms with Gasteiger partial charge in [0.05, 0.1) is 14.1 Å². The topological polar surface area (TPSA) is 23.8 Å². The van der Waals surface area contributed by atoms with E-state index in [1.807, 2.05) is 0 Å². The zero-order valence-corrected chi connectivity index (χ0v) is 10.1. The van der Waals surface area contributed by atoms with E-state index in [2.05, 4.69) is 25.7 Å². The maximum atomic E-state index is 9.20. The Bertz CT molecular complexity index is 193. The van der Waals surface area contributed by atoms with E-state index in [1.165, 1.54) is 32.1 Å². The van der Waals surface area contributed by atoms with E-state index in [1.54, 1.807) is 0 Å². The molecule has 1 aliphatic rings. The van der Waals surface area contributed by atoms with Crippen molar-refractivity contribution in [2.45, 2.75) is 57.3 Å². The van der Waals surface area contributed by atoms with E-state index in [0.717, 1.165) is 5.92 Å². The van der Waals surface area contributed by atoms with Gasteiger partial charge in [0.2, 0.25) is 0 Å². The maximum absolute atomic E-state index is 9.20. The van der Waals surface area contributed by atoms with Gasteiger partial charge in [-0.1, -0.05) is 38.9 Å². The van der Waals surface area contributed by atoms with Gasteiger partial charge in [-0.15, -0.1) is 0 Å². The van der Waals surface area contributed by atoms with Gasteiger partial charge in [-0.3, -0.25) is 0 Å². The molecule has 1 nitrogen and oxygen atoms in total. The molecule has 0 saturated heterocycles. The third-order valence-electron chi connectivity index (χ3n) is 3.19. The first kappa shape index (κ1) is 10.8. The third-order valence-corrected chi connectivity index (χ3v) is 5.66. The molecule has 1 atom stereocenters. The molecule has 0 aromatic heterocycles. The summed E-state index contributed by atoms with van der Waals surface area (Å²) in [6.07, 6.45) is 6.71. The monoisotopic (exact) mass is 195 g/mol. The minimum atomic E-state index is -1.24. The first-order valence-electron chi connectivity index (χ1n) is 5.45. The molecule has 0 amide bonds. The van der Waals surface area contributed by atoms with Gasteiger partial charge in [-0.2, -0.15) is 5.26 Å². The average molecular weight is 195 g/mol. The lowest BCUT2D eigenvalue weighted by Gasteiger charge is -2.33. The zero-order valence-electron chi connectivity index (χ0n) is 9.14. The second kappa shape index (κ2) is 4.28. The molecule has 0 aromatic rings. The molecule has 0 heterocycles. The first-order chi connectivity index (χ1) is 6.05. The van der Waals surface area contributed by atoms with Gasteiger partial charge in [0, 0.05) is 5.54 Å². The van der Waals surface area contributed by atoms with Gasteiger partial charge < -0.3 is 0 Å². The van der Waals surface area contributed by atoms with Crippen LogP contribution in [0.3, 0.4) is 0 Å². The van der Waals surface area contributed by atoms with Gasteiger partial charge >= 0.3 is 0 Å². The minimum Gasteiger partial charge on any atom is -0.198 e. The molecule has 1 aliphatic carbocycles. The van der Waals surface area contributed by atoms with Crippen molar-refractivity contribution in [3.05, 3.63) is 0 Å². The standard InChI is InChI=1S/C11H21NSi/c1-13(2,3)11(9-12)10-7-5-4-6-8-10/h10-11H,4-8H2,1-3H3. The second-order valence-corrected chi connectivity index (χ2v) is 10.7. The fourth-order valence-corrected chi connectivity index (χ4v) is 4.61. The fraction of sp³-hybridized carbons (Fsp3) is 0.909. The fourth-order valence-electron chi connectivity index (χ4n) is 2.47. The molecule has 0 radical (unpaired) electrons. The predicted octanol–water partition coefficient (Wildman–Crippen LogP) is 3.80. The maximum Gasteiger partial charge on any atom is 0.0643 e. The van der Waals surface area contributed by atoms with Crippen molar-refractivity contribution in [3.8, 4) is 6.07 Å². The van der Waals surface area contributed by atoms with Crippen molar-refractivity contribution in [3.63, 3.8) is 0 Å². The van der Waals surface area contributed by atoms with Gasteiger partial charge in [-0.05, 0) is 18.8 Å². The highest BCUT2D eigenvalue weighted by atomic mass is 28.3. The highest BCUT2D eigenvalue weighted by Gasteiger charge is 2.34. The third kappa shape index (κ3) is 2.84. The Morgan fingerprint density at radius 3 is 2.08 bits per heavy atom. The summed E-state index contributed by atoms with van der Waals surface area (Å²) in [5.74, 6) is 0.727. The quantitative estimate of drug-likeness (QED) is 0.615. The molecule has 1 fully saturated rings. The van der Waals surface area contributed by atoms with Crippen LogP contribution in [0.2, 0.25) is 25.2 Å². The highest BCUT2D eigenvalue weighted by molar-refractivity contribution is 6.78. The summed E-state index contributed by atoms with van der Waals surface area (Å²) in [6, 6.07) is 2.57. The van der Waals surface area contributed by atoms with E-state index in [-0.39, 0.29) is 0 Å². The van der Waals surface area contributed by atoms with Crippen LogP contribution in [0.4, 0.5) is 0 Å². The smallest absolute Gasteiger partial charge is 0.0643 e. The van der Waals surface area contributed by atoms with Crippen molar-refractivity contribution in [2.75, 3.05) is 0 Å². The zero-order chi connectivity index (χ0) is 9.90. The lowest BCUT2D eigenvalue weighted by molar-refractivity contribution is 0.359. The van der Waals surface area contributed by atoms with Crippen LogP contribution in [0.25, 0.3) is 0 Å². The van der Waals surface area contributed by atoms with Gasteiger partial charge in [0.15, 0.2) is 0 Å². The number of nitrogens with zero attached hydrogens (tertiary/aromatic N) is 1. The number of hydrogen-bond donors (Lipinski definition) is 0. The lowest BCUT2D eigenvalue weighted by atomic mass is 9.87. The molecule has 0 aliphatic heterocycles. The largest absolute Gasteiger partial charge is 0.198 e. The number of nitriles is 1. The number of rotatable bonds is 2. The van der Waals surface area contributed by atoms with Crippen LogP contribution in [0.5, 0.6) is 0 Å². The van der Waals surface area contributed by atoms with Crippen LogP contribution in [-0.2, 0) is 0 Å². The Balaban J connectivity index is 2.61. The van der Waals surface area contributed by atoms with Crippen molar-refractivity contribution < 1.29 is 0 Å². The summed E-state index contributed by atoms with van der Waals surface area (Å²) in [5, 5.41) is 9.20. The summed E-state index contributed by atoms with van der Waals surface area (Å²) in [4.78, 5) is 0. The van der Waals surface area contributed by atoms with Crippen LogP contribution >= 0.6 is 0 Å². The van der Waals surface area contributed by atoms with Crippen LogP contribution in [-0.4, -0.2) is 8.07 Å². The molecule has 1 unspecified atom stereocenters. The molecule has 1 rings (SSSR count). The second-order valence-electron chi connectivity index (χ2n) is 5.37. The summed E-state index contributed by atoms with van der Waals surface area (Å²) in [6.45, 7) is 6.99. The Kier molecular flexibility index (Phi) is 3.55. The summed E-state index contributed by atoms with van der Waals surface area (Å²) < 4.78 is 0.